The Hall–Kier alpha value is -3.02. The van der Waals surface area contributed by atoms with E-state index in [1.807, 2.05) is 29.2 Å². The van der Waals surface area contributed by atoms with Crippen LogP contribution < -0.4 is 10.6 Å². The molecule has 2 amide bonds. The summed E-state index contributed by atoms with van der Waals surface area (Å²) in [7, 11) is 0. The molecule has 0 aliphatic carbocycles. The van der Waals surface area contributed by atoms with Gasteiger partial charge in [-0.25, -0.2) is 9.59 Å². The summed E-state index contributed by atoms with van der Waals surface area (Å²) in [5, 5.41) is 15.9. The van der Waals surface area contributed by atoms with E-state index in [-0.39, 0.29) is 17.5 Å². The largest absolute Gasteiger partial charge is 0.478 e. The fraction of sp³-hybridized carbons (Fsp3) is 0.391. The molecule has 0 radical (unpaired) electrons. The summed E-state index contributed by atoms with van der Waals surface area (Å²) in [5.74, 6) is -0.908. The van der Waals surface area contributed by atoms with Crippen LogP contribution in [0, 0.1) is 5.41 Å². The number of aromatic carboxylic acids is 1. The minimum Gasteiger partial charge on any atom is -0.478 e. The highest BCUT2D eigenvalue weighted by molar-refractivity contribution is 5.90. The summed E-state index contributed by atoms with van der Waals surface area (Å²) in [6.45, 7) is 5.99. The second kappa shape index (κ2) is 7.43. The van der Waals surface area contributed by atoms with Gasteiger partial charge in [0.1, 0.15) is 0 Å². The molecule has 0 bridgehead atoms. The SMILES string of the molecule is CC1(C)Cc2cc(C(=O)O)ccc2NC1c1cccc(NC(=O)N2CCCC2)c1. The molecule has 2 aliphatic rings. The van der Waals surface area contributed by atoms with Crippen molar-refractivity contribution in [1.29, 1.82) is 0 Å². The number of nitrogens with zero attached hydrogens (tertiary/aromatic N) is 1. The number of hydrogen-bond donors (Lipinski definition) is 3. The Bertz CT molecular complexity index is 948. The number of carboxylic acid groups (broad SMARTS) is 1. The van der Waals surface area contributed by atoms with Crippen molar-refractivity contribution in [3.63, 3.8) is 0 Å². The summed E-state index contributed by atoms with van der Waals surface area (Å²) >= 11 is 0. The van der Waals surface area contributed by atoms with E-state index in [0.29, 0.717) is 5.56 Å². The maximum atomic E-state index is 12.4. The van der Waals surface area contributed by atoms with E-state index >= 15 is 0 Å². The number of carbonyl (C=O) groups excluding carboxylic acids is 1. The van der Waals surface area contributed by atoms with Crippen LogP contribution in [-0.2, 0) is 6.42 Å². The van der Waals surface area contributed by atoms with Crippen molar-refractivity contribution >= 4 is 23.4 Å². The molecular weight excluding hydrogens is 366 g/mol. The minimum absolute atomic E-state index is 0.0398. The van der Waals surface area contributed by atoms with Crippen LogP contribution in [0.1, 0.15) is 54.2 Å². The number of anilines is 2. The molecule has 152 valence electrons. The van der Waals surface area contributed by atoms with Crippen LogP contribution in [0.25, 0.3) is 0 Å². The molecule has 1 unspecified atom stereocenters. The highest BCUT2D eigenvalue weighted by Crippen LogP contribution is 2.45. The number of likely N-dealkylation sites (tertiary alicyclic amines) is 1. The first kappa shape index (κ1) is 19.3. The smallest absolute Gasteiger partial charge is 0.335 e. The van der Waals surface area contributed by atoms with Gasteiger partial charge in [0.15, 0.2) is 0 Å². The zero-order valence-corrected chi connectivity index (χ0v) is 16.9. The van der Waals surface area contributed by atoms with Gasteiger partial charge in [-0.2, -0.15) is 0 Å². The highest BCUT2D eigenvalue weighted by Gasteiger charge is 2.36. The van der Waals surface area contributed by atoms with Gasteiger partial charge in [0, 0.05) is 24.5 Å². The van der Waals surface area contributed by atoms with Gasteiger partial charge in [-0.05, 0) is 66.1 Å². The third-order valence-corrected chi connectivity index (χ3v) is 5.94. The number of urea groups is 1. The van der Waals surface area contributed by atoms with Gasteiger partial charge in [-0.15, -0.1) is 0 Å². The van der Waals surface area contributed by atoms with Crippen LogP contribution in [-0.4, -0.2) is 35.1 Å². The van der Waals surface area contributed by atoms with Crippen molar-refractivity contribution < 1.29 is 14.7 Å². The van der Waals surface area contributed by atoms with Crippen molar-refractivity contribution in [3.8, 4) is 0 Å². The molecule has 6 nitrogen and oxygen atoms in total. The van der Waals surface area contributed by atoms with Gasteiger partial charge in [0.2, 0.25) is 0 Å². The summed E-state index contributed by atoms with van der Waals surface area (Å²) < 4.78 is 0. The molecule has 2 aromatic rings. The lowest BCUT2D eigenvalue weighted by Crippen LogP contribution is -2.35. The van der Waals surface area contributed by atoms with Crippen LogP contribution in [0.15, 0.2) is 42.5 Å². The van der Waals surface area contributed by atoms with E-state index in [4.69, 9.17) is 0 Å². The highest BCUT2D eigenvalue weighted by atomic mass is 16.4. The summed E-state index contributed by atoms with van der Waals surface area (Å²) in [6, 6.07) is 13.2. The molecule has 2 heterocycles. The fourth-order valence-electron chi connectivity index (χ4n) is 4.41. The van der Waals surface area contributed by atoms with E-state index in [9.17, 15) is 14.7 Å². The predicted molar refractivity (Wildman–Crippen MR) is 114 cm³/mol. The number of carbonyl (C=O) groups is 2. The normalized spacial score (nSPS) is 19.9. The van der Waals surface area contributed by atoms with Crippen molar-refractivity contribution in [2.45, 2.75) is 39.2 Å². The second-order valence-electron chi connectivity index (χ2n) is 8.67. The average molecular weight is 393 g/mol. The molecule has 0 saturated carbocycles. The molecule has 1 saturated heterocycles. The summed E-state index contributed by atoms with van der Waals surface area (Å²) in [4.78, 5) is 25.6. The van der Waals surface area contributed by atoms with E-state index in [2.05, 4.69) is 30.5 Å². The third kappa shape index (κ3) is 3.92. The lowest BCUT2D eigenvalue weighted by molar-refractivity contribution is 0.0696. The van der Waals surface area contributed by atoms with Crippen LogP contribution in [0.2, 0.25) is 0 Å². The maximum absolute atomic E-state index is 12.4. The first-order valence-corrected chi connectivity index (χ1v) is 10.1. The minimum atomic E-state index is -0.908. The predicted octanol–water partition coefficient (Wildman–Crippen LogP) is 4.75. The standard InChI is InChI=1S/C23H27N3O3/c1-23(2)14-17-12-16(21(27)28)8-9-19(17)25-20(23)15-6-5-7-18(13-15)24-22(29)26-10-3-4-11-26/h5-9,12-13,20,25H,3-4,10-11,14H2,1-2H3,(H,24,29)(H,27,28). The Morgan fingerprint density at radius 2 is 1.90 bits per heavy atom. The number of rotatable bonds is 3. The van der Waals surface area contributed by atoms with Crippen molar-refractivity contribution in [1.82, 2.24) is 4.90 Å². The molecule has 1 atom stereocenters. The summed E-state index contributed by atoms with van der Waals surface area (Å²) in [5.41, 5.74) is 4.06. The first-order valence-electron chi connectivity index (χ1n) is 10.1. The molecule has 6 heteroatoms. The zero-order chi connectivity index (χ0) is 20.6. The number of benzene rings is 2. The summed E-state index contributed by atoms with van der Waals surface area (Å²) in [6.07, 6.45) is 2.90. The third-order valence-electron chi connectivity index (χ3n) is 5.94. The van der Waals surface area contributed by atoms with E-state index in [1.54, 1.807) is 12.1 Å². The second-order valence-corrected chi connectivity index (χ2v) is 8.67. The Morgan fingerprint density at radius 1 is 1.14 bits per heavy atom. The van der Waals surface area contributed by atoms with Crippen LogP contribution in [0.3, 0.4) is 0 Å². The lowest BCUT2D eigenvalue weighted by Gasteiger charge is -2.41. The molecule has 2 aliphatic heterocycles. The molecule has 1 fully saturated rings. The van der Waals surface area contributed by atoms with Gasteiger partial charge in [0.25, 0.3) is 0 Å². The number of carboxylic acids is 1. The fourth-order valence-corrected chi connectivity index (χ4v) is 4.41. The molecule has 2 aromatic carbocycles. The molecule has 0 spiro atoms. The molecule has 0 aromatic heterocycles. The lowest BCUT2D eigenvalue weighted by atomic mass is 9.72. The number of hydrogen-bond acceptors (Lipinski definition) is 3. The zero-order valence-electron chi connectivity index (χ0n) is 16.9. The van der Waals surface area contributed by atoms with Gasteiger partial charge in [-0.1, -0.05) is 26.0 Å². The Labute approximate surface area is 170 Å². The number of nitrogens with one attached hydrogen (secondary N) is 2. The first-order chi connectivity index (χ1) is 13.8. The van der Waals surface area contributed by atoms with Crippen molar-refractivity contribution in [2.24, 2.45) is 5.41 Å². The molecule has 29 heavy (non-hydrogen) atoms. The number of amides is 2. The molecule has 4 rings (SSSR count). The van der Waals surface area contributed by atoms with Crippen molar-refractivity contribution in [3.05, 3.63) is 59.2 Å². The quantitative estimate of drug-likeness (QED) is 0.703. The topological polar surface area (TPSA) is 81.7 Å². The van der Waals surface area contributed by atoms with E-state index in [0.717, 1.165) is 54.9 Å². The molecule has 3 N–H and O–H groups in total. The van der Waals surface area contributed by atoms with Gasteiger partial charge in [0.05, 0.1) is 11.6 Å². The van der Waals surface area contributed by atoms with Gasteiger partial charge < -0.3 is 20.6 Å². The van der Waals surface area contributed by atoms with Gasteiger partial charge >= 0.3 is 12.0 Å². The number of fused-ring (bicyclic) bond motifs is 1. The van der Waals surface area contributed by atoms with Crippen LogP contribution in [0.5, 0.6) is 0 Å². The average Bonchev–Trinajstić information content (AvgIpc) is 3.21. The Balaban J connectivity index is 1.57. The van der Waals surface area contributed by atoms with E-state index < -0.39 is 5.97 Å². The van der Waals surface area contributed by atoms with Gasteiger partial charge in [-0.3, -0.25) is 0 Å². The van der Waals surface area contributed by atoms with Crippen molar-refractivity contribution in [2.75, 3.05) is 23.7 Å². The molecular formula is C23H27N3O3. The Kier molecular flexibility index (Phi) is 4.94. The Morgan fingerprint density at radius 3 is 2.62 bits per heavy atom. The monoisotopic (exact) mass is 393 g/mol. The van der Waals surface area contributed by atoms with Crippen LogP contribution in [0.4, 0.5) is 16.2 Å². The van der Waals surface area contributed by atoms with E-state index in [1.165, 1.54) is 0 Å². The maximum Gasteiger partial charge on any atom is 0.335 e. The van der Waals surface area contributed by atoms with Crippen LogP contribution >= 0.6 is 0 Å².